The molecule has 0 amide bonds. The van der Waals surface area contributed by atoms with Crippen LogP contribution in [0.3, 0.4) is 0 Å². The van der Waals surface area contributed by atoms with E-state index in [-0.39, 0.29) is 0 Å². The minimum absolute atomic E-state index is 0.363. The highest BCUT2D eigenvalue weighted by Gasteiger charge is 2.47. The fourth-order valence-corrected chi connectivity index (χ4v) is 1.46. The highest BCUT2D eigenvalue weighted by atomic mass is 16.3. The normalized spacial score (nSPS) is 36.2. The standard InChI is InChI=1S/C9H14O/c1-4-9(10,5-2)8-6-7(8)3/h1,7-8,10H,5-6H2,2-3H3. The molecule has 1 heteroatoms. The lowest BCUT2D eigenvalue weighted by atomic mass is 9.95. The van der Waals surface area contributed by atoms with Gasteiger partial charge in [0.2, 0.25) is 0 Å². The summed E-state index contributed by atoms with van der Waals surface area (Å²) in [6.45, 7) is 4.06. The van der Waals surface area contributed by atoms with Gasteiger partial charge in [-0.2, -0.15) is 0 Å². The molecule has 1 nitrogen and oxygen atoms in total. The Kier molecular flexibility index (Phi) is 1.74. The van der Waals surface area contributed by atoms with Crippen molar-refractivity contribution in [3.05, 3.63) is 0 Å². The van der Waals surface area contributed by atoms with Crippen LogP contribution in [0.25, 0.3) is 0 Å². The van der Waals surface area contributed by atoms with E-state index in [0.717, 1.165) is 6.42 Å². The van der Waals surface area contributed by atoms with Crippen LogP contribution in [0.5, 0.6) is 0 Å². The Balaban J connectivity index is 2.59. The summed E-state index contributed by atoms with van der Waals surface area (Å²) in [7, 11) is 0. The van der Waals surface area contributed by atoms with E-state index in [2.05, 4.69) is 12.8 Å². The first-order valence-electron chi connectivity index (χ1n) is 3.84. The molecule has 0 bridgehead atoms. The molecular weight excluding hydrogens is 124 g/mol. The first-order chi connectivity index (χ1) is 4.64. The van der Waals surface area contributed by atoms with Crippen LogP contribution in [-0.4, -0.2) is 10.7 Å². The Labute approximate surface area is 62.4 Å². The van der Waals surface area contributed by atoms with Gasteiger partial charge in [0.05, 0.1) is 0 Å². The van der Waals surface area contributed by atoms with Crippen molar-refractivity contribution in [1.29, 1.82) is 0 Å². The lowest BCUT2D eigenvalue weighted by molar-refractivity contribution is 0.0690. The van der Waals surface area contributed by atoms with E-state index in [1.807, 2.05) is 6.92 Å². The molecule has 0 aromatic rings. The largest absolute Gasteiger partial charge is 0.377 e. The number of terminal acetylenes is 1. The third kappa shape index (κ3) is 1.04. The van der Waals surface area contributed by atoms with E-state index in [1.54, 1.807) is 0 Å². The molecule has 1 fully saturated rings. The molecule has 0 radical (unpaired) electrons. The Morgan fingerprint density at radius 1 is 1.80 bits per heavy atom. The van der Waals surface area contributed by atoms with Crippen molar-refractivity contribution >= 4 is 0 Å². The predicted octanol–water partition coefficient (Wildman–Crippen LogP) is 1.42. The molecule has 0 spiro atoms. The summed E-state index contributed by atoms with van der Waals surface area (Å²) in [4.78, 5) is 0. The van der Waals surface area contributed by atoms with Crippen LogP contribution >= 0.6 is 0 Å². The maximum Gasteiger partial charge on any atom is 0.128 e. The second-order valence-electron chi connectivity index (χ2n) is 3.24. The molecule has 0 aromatic heterocycles. The quantitative estimate of drug-likeness (QED) is 0.572. The molecule has 1 aliphatic carbocycles. The summed E-state index contributed by atoms with van der Waals surface area (Å²) in [5.41, 5.74) is -0.806. The highest BCUT2D eigenvalue weighted by molar-refractivity contribution is 5.15. The average molecular weight is 138 g/mol. The minimum Gasteiger partial charge on any atom is -0.377 e. The zero-order chi connectivity index (χ0) is 7.78. The second kappa shape index (κ2) is 2.29. The van der Waals surface area contributed by atoms with Gasteiger partial charge in [0.15, 0.2) is 0 Å². The fraction of sp³-hybridized carbons (Fsp3) is 0.778. The molecule has 0 saturated heterocycles. The Morgan fingerprint density at radius 3 is 2.40 bits per heavy atom. The van der Waals surface area contributed by atoms with Gasteiger partial charge in [0.25, 0.3) is 0 Å². The van der Waals surface area contributed by atoms with E-state index in [1.165, 1.54) is 0 Å². The van der Waals surface area contributed by atoms with E-state index < -0.39 is 5.60 Å². The summed E-state index contributed by atoms with van der Waals surface area (Å²) in [6, 6.07) is 0. The third-order valence-corrected chi connectivity index (χ3v) is 2.51. The summed E-state index contributed by atoms with van der Waals surface area (Å²) in [5.74, 6) is 3.47. The van der Waals surface area contributed by atoms with Crippen LogP contribution in [0.4, 0.5) is 0 Å². The molecule has 56 valence electrons. The zero-order valence-corrected chi connectivity index (χ0v) is 6.59. The Morgan fingerprint density at radius 2 is 2.30 bits per heavy atom. The van der Waals surface area contributed by atoms with Crippen LogP contribution in [0, 0.1) is 24.2 Å². The SMILES string of the molecule is C#CC(O)(CC)C1CC1C. The van der Waals surface area contributed by atoms with Gasteiger partial charge in [0.1, 0.15) is 5.60 Å². The zero-order valence-electron chi connectivity index (χ0n) is 6.59. The van der Waals surface area contributed by atoms with Crippen molar-refractivity contribution in [2.24, 2.45) is 11.8 Å². The van der Waals surface area contributed by atoms with E-state index >= 15 is 0 Å². The maximum absolute atomic E-state index is 9.70. The highest BCUT2D eigenvalue weighted by Crippen LogP contribution is 2.46. The van der Waals surface area contributed by atoms with Gasteiger partial charge in [0, 0.05) is 5.92 Å². The van der Waals surface area contributed by atoms with Crippen LogP contribution in [0.2, 0.25) is 0 Å². The Bertz CT molecular complexity index is 168. The second-order valence-corrected chi connectivity index (χ2v) is 3.24. The van der Waals surface area contributed by atoms with Gasteiger partial charge < -0.3 is 5.11 Å². The van der Waals surface area contributed by atoms with Crippen molar-refractivity contribution < 1.29 is 5.11 Å². The summed E-state index contributed by atoms with van der Waals surface area (Å²) < 4.78 is 0. The lowest BCUT2D eigenvalue weighted by Gasteiger charge is -2.19. The average Bonchev–Trinajstić information content (AvgIpc) is 2.66. The molecule has 1 aliphatic rings. The van der Waals surface area contributed by atoms with Crippen LogP contribution in [0.1, 0.15) is 26.7 Å². The van der Waals surface area contributed by atoms with Crippen LogP contribution in [0.15, 0.2) is 0 Å². The molecule has 3 unspecified atom stereocenters. The van der Waals surface area contributed by atoms with Gasteiger partial charge in [-0.15, -0.1) is 6.42 Å². The van der Waals surface area contributed by atoms with Crippen molar-refractivity contribution in [1.82, 2.24) is 0 Å². The van der Waals surface area contributed by atoms with Gasteiger partial charge in [-0.05, 0) is 18.8 Å². The number of hydrogen-bond acceptors (Lipinski definition) is 1. The first kappa shape index (κ1) is 7.63. The van der Waals surface area contributed by atoms with Crippen LogP contribution < -0.4 is 0 Å². The van der Waals surface area contributed by atoms with Crippen LogP contribution in [-0.2, 0) is 0 Å². The first-order valence-corrected chi connectivity index (χ1v) is 3.84. The van der Waals surface area contributed by atoms with E-state index in [0.29, 0.717) is 18.3 Å². The van der Waals surface area contributed by atoms with Gasteiger partial charge in [-0.3, -0.25) is 0 Å². The monoisotopic (exact) mass is 138 g/mol. The van der Waals surface area contributed by atoms with Gasteiger partial charge in [-0.1, -0.05) is 19.8 Å². The van der Waals surface area contributed by atoms with Crippen molar-refractivity contribution in [2.75, 3.05) is 0 Å². The number of rotatable bonds is 2. The molecule has 3 atom stereocenters. The van der Waals surface area contributed by atoms with Gasteiger partial charge in [-0.25, -0.2) is 0 Å². The smallest absolute Gasteiger partial charge is 0.128 e. The Hall–Kier alpha value is -0.480. The molecular formula is C9H14O. The molecule has 1 saturated carbocycles. The minimum atomic E-state index is -0.806. The lowest BCUT2D eigenvalue weighted by Crippen LogP contribution is -2.28. The summed E-state index contributed by atoms with van der Waals surface area (Å²) in [6.07, 6.45) is 6.99. The van der Waals surface area contributed by atoms with Crippen molar-refractivity contribution in [3.8, 4) is 12.3 Å². The van der Waals surface area contributed by atoms with E-state index in [4.69, 9.17) is 6.42 Å². The molecule has 0 aromatic carbocycles. The molecule has 0 heterocycles. The summed E-state index contributed by atoms with van der Waals surface area (Å²) >= 11 is 0. The fourth-order valence-electron chi connectivity index (χ4n) is 1.46. The van der Waals surface area contributed by atoms with Crippen molar-refractivity contribution in [3.63, 3.8) is 0 Å². The van der Waals surface area contributed by atoms with Gasteiger partial charge >= 0.3 is 0 Å². The predicted molar refractivity (Wildman–Crippen MR) is 41.3 cm³/mol. The van der Waals surface area contributed by atoms with E-state index in [9.17, 15) is 5.11 Å². The number of hydrogen-bond donors (Lipinski definition) is 1. The third-order valence-electron chi connectivity index (χ3n) is 2.51. The summed E-state index contributed by atoms with van der Waals surface area (Å²) in [5, 5.41) is 9.70. The molecule has 1 rings (SSSR count). The molecule has 10 heavy (non-hydrogen) atoms. The number of aliphatic hydroxyl groups is 1. The topological polar surface area (TPSA) is 20.2 Å². The molecule has 1 N–H and O–H groups in total. The molecule has 0 aliphatic heterocycles. The maximum atomic E-state index is 9.70. The van der Waals surface area contributed by atoms with Crippen molar-refractivity contribution in [2.45, 2.75) is 32.3 Å².